The van der Waals surface area contributed by atoms with E-state index in [1.165, 1.54) is 0 Å². The average Bonchev–Trinajstić information content (AvgIpc) is 1.80. The molecule has 0 saturated heterocycles. The van der Waals surface area contributed by atoms with E-state index in [0.29, 0.717) is 6.07 Å². The predicted molar refractivity (Wildman–Crippen MR) is 34.9 cm³/mol. The zero-order chi connectivity index (χ0) is 6.85. The molecule has 1 aromatic rings. The lowest BCUT2D eigenvalue weighted by atomic mass is 10.3. The van der Waals surface area contributed by atoms with Crippen molar-refractivity contribution in [2.45, 2.75) is 0 Å². The Labute approximate surface area is 72.2 Å². The molecule has 0 amide bonds. The van der Waals surface area contributed by atoms with Gasteiger partial charge in [-0.2, -0.15) is 0 Å². The number of halogens is 3. The first-order valence-electron chi connectivity index (χ1n) is 2.30. The topological polar surface area (TPSA) is 0 Å². The maximum Gasteiger partial charge on any atom is 0.316 e. The Morgan fingerprint density at radius 1 is 0.900 bits per heavy atom. The number of hydrogen-bond donors (Lipinski definition) is 0. The molecular formula is C6H5F3Mg. The zero-order valence-electron chi connectivity index (χ0n) is 4.37. The maximum absolute atomic E-state index is 12.0. The van der Waals surface area contributed by atoms with Gasteiger partial charge in [0.1, 0.15) is 5.82 Å². The summed E-state index contributed by atoms with van der Waals surface area (Å²) in [5, 5.41) is 0. The largest absolute Gasteiger partial charge is 0.316 e. The first-order chi connectivity index (χ1) is 4.20. The molecule has 10 heavy (non-hydrogen) atoms. The minimum atomic E-state index is -1.16. The molecule has 0 bridgehead atoms. The van der Waals surface area contributed by atoms with Crippen LogP contribution in [0.15, 0.2) is 18.2 Å². The van der Waals surface area contributed by atoms with Gasteiger partial charge in [0.15, 0.2) is 11.6 Å². The third-order valence-corrected chi connectivity index (χ3v) is 0.882. The highest BCUT2D eigenvalue weighted by Crippen LogP contribution is 2.05. The normalized spacial score (nSPS) is 8.70. The molecule has 0 aliphatic rings. The quantitative estimate of drug-likeness (QED) is 0.393. The highest BCUT2D eigenvalue weighted by Gasteiger charge is 1.99. The van der Waals surface area contributed by atoms with Gasteiger partial charge in [0.25, 0.3) is 0 Å². The molecule has 0 fully saturated rings. The Morgan fingerprint density at radius 3 is 1.90 bits per heavy atom. The van der Waals surface area contributed by atoms with Gasteiger partial charge in [-0.15, -0.1) is 0 Å². The molecule has 0 spiro atoms. The molecule has 1 rings (SSSR count). The van der Waals surface area contributed by atoms with Gasteiger partial charge < -0.3 is 0 Å². The van der Waals surface area contributed by atoms with Crippen LogP contribution >= 0.6 is 0 Å². The van der Waals surface area contributed by atoms with E-state index in [4.69, 9.17) is 0 Å². The van der Waals surface area contributed by atoms with Gasteiger partial charge in [0.2, 0.25) is 0 Å². The molecule has 0 atom stereocenters. The van der Waals surface area contributed by atoms with Gasteiger partial charge in [-0.1, -0.05) is 0 Å². The number of rotatable bonds is 0. The second kappa shape index (κ2) is 3.83. The van der Waals surface area contributed by atoms with Crippen LogP contribution in [0.5, 0.6) is 0 Å². The van der Waals surface area contributed by atoms with Gasteiger partial charge in [-0.05, 0) is 12.1 Å². The van der Waals surface area contributed by atoms with E-state index < -0.39 is 17.5 Å². The highest BCUT2D eigenvalue weighted by atomic mass is 24.3. The van der Waals surface area contributed by atoms with Crippen LogP contribution < -0.4 is 0 Å². The van der Waals surface area contributed by atoms with E-state index in [2.05, 4.69) is 0 Å². The van der Waals surface area contributed by atoms with Crippen LogP contribution in [0.25, 0.3) is 0 Å². The Hall–Kier alpha value is -0.224. The van der Waals surface area contributed by atoms with Crippen molar-refractivity contribution in [2.24, 2.45) is 0 Å². The monoisotopic (exact) mass is 158 g/mol. The predicted octanol–water partition coefficient (Wildman–Crippen LogP) is 1.19. The fourth-order valence-electron chi connectivity index (χ4n) is 0.470. The summed E-state index contributed by atoms with van der Waals surface area (Å²) in [6.07, 6.45) is 0. The van der Waals surface area contributed by atoms with E-state index in [0.717, 1.165) is 12.1 Å². The van der Waals surface area contributed by atoms with Gasteiger partial charge in [-0.25, -0.2) is 13.2 Å². The zero-order valence-corrected chi connectivity index (χ0v) is 4.37. The van der Waals surface area contributed by atoms with E-state index in [1.54, 1.807) is 0 Å². The van der Waals surface area contributed by atoms with Crippen molar-refractivity contribution in [1.29, 1.82) is 0 Å². The maximum atomic E-state index is 12.0. The molecule has 0 aliphatic carbocycles. The summed E-state index contributed by atoms with van der Waals surface area (Å²) >= 11 is 0. The molecule has 0 heterocycles. The smallest absolute Gasteiger partial charge is 0.207 e. The lowest BCUT2D eigenvalue weighted by Crippen LogP contribution is -1.83. The van der Waals surface area contributed by atoms with Crippen LogP contribution in [0, 0.1) is 17.5 Å². The van der Waals surface area contributed by atoms with Gasteiger partial charge in [0, 0.05) is 6.07 Å². The van der Waals surface area contributed by atoms with E-state index in [-0.39, 0.29) is 23.1 Å². The standard InChI is InChI=1S/C6H3F3.Mg.2H/c7-4-1-2-5(8)6(9)3-4;;;/h1-3H;;;. The fourth-order valence-corrected chi connectivity index (χ4v) is 0.470. The average molecular weight is 158 g/mol. The van der Waals surface area contributed by atoms with Crippen molar-refractivity contribution in [3.8, 4) is 0 Å². The highest BCUT2D eigenvalue weighted by molar-refractivity contribution is 5.75. The summed E-state index contributed by atoms with van der Waals surface area (Å²) in [6.45, 7) is 0. The molecular weight excluding hydrogens is 153 g/mol. The molecule has 0 unspecified atom stereocenters. The van der Waals surface area contributed by atoms with Crippen molar-refractivity contribution in [3.63, 3.8) is 0 Å². The second-order valence-electron chi connectivity index (χ2n) is 1.56. The molecule has 0 aromatic heterocycles. The van der Waals surface area contributed by atoms with Gasteiger partial charge in [-0.3, -0.25) is 0 Å². The van der Waals surface area contributed by atoms with E-state index in [1.807, 2.05) is 0 Å². The van der Waals surface area contributed by atoms with Crippen molar-refractivity contribution >= 4 is 23.1 Å². The van der Waals surface area contributed by atoms with Gasteiger partial charge in [0.05, 0.1) is 0 Å². The lowest BCUT2D eigenvalue weighted by molar-refractivity contribution is 0.495. The summed E-state index contributed by atoms with van der Waals surface area (Å²) in [4.78, 5) is 0. The van der Waals surface area contributed by atoms with Crippen LogP contribution in [0.3, 0.4) is 0 Å². The first kappa shape index (κ1) is 9.78. The summed E-state index contributed by atoms with van der Waals surface area (Å²) in [7, 11) is 0. The molecule has 0 N–H and O–H groups in total. The summed E-state index contributed by atoms with van der Waals surface area (Å²) in [6, 6.07) is 2.10. The summed E-state index contributed by atoms with van der Waals surface area (Å²) in [5.74, 6) is -2.96. The number of hydrogen-bond acceptors (Lipinski definition) is 0. The minimum absolute atomic E-state index is 0. The Kier molecular flexibility index (Phi) is 3.74. The SMILES string of the molecule is Fc1ccc(F)c(F)c1.[MgH2]. The molecule has 52 valence electrons. The molecule has 0 radical (unpaired) electrons. The fraction of sp³-hybridized carbons (Fsp3) is 0. The Morgan fingerprint density at radius 2 is 1.50 bits per heavy atom. The van der Waals surface area contributed by atoms with E-state index in [9.17, 15) is 13.2 Å². The van der Waals surface area contributed by atoms with Gasteiger partial charge >= 0.3 is 23.1 Å². The molecule has 1 aromatic carbocycles. The van der Waals surface area contributed by atoms with Crippen LogP contribution in [0.4, 0.5) is 13.2 Å². The van der Waals surface area contributed by atoms with Crippen LogP contribution in [-0.2, 0) is 0 Å². The lowest BCUT2D eigenvalue weighted by Gasteiger charge is -1.88. The third kappa shape index (κ3) is 2.19. The van der Waals surface area contributed by atoms with E-state index >= 15 is 0 Å². The molecule has 0 nitrogen and oxygen atoms in total. The molecule has 0 aliphatic heterocycles. The summed E-state index contributed by atoms with van der Waals surface area (Å²) < 4.78 is 35.9. The van der Waals surface area contributed by atoms with Crippen molar-refractivity contribution < 1.29 is 13.2 Å². The molecule has 4 heteroatoms. The Balaban J connectivity index is 0.000000810. The second-order valence-corrected chi connectivity index (χ2v) is 1.56. The summed E-state index contributed by atoms with van der Waals surface area (Å²) in [5.41, 5.74) is 0. The molecule has 0 saturated carbocycles. The third-order valence-electron chi connectivity index (χ3n) is 0.882. The van der Waals surface area contributed by atoms with Crippen molar-refractivity contribution in [2.75, 3.05) is 0 Å². The van der Waals surface area contributed by atoms with Crippen LogP contribution in [0.1, 0.15) is 0 Å². The minimum Gasteiger partial charge on any atom is -0.207 e. The van der Waals surface area contributed by atoms with Crippen molar-refractivity contribution in [3.05, 3.63) is 35.7 Å². The first-order valence-corrected chi connectivity index (χ1v) is 2.30. The van der Waals surface area contributed by atoms with Crippen LogP contribution in [0.2, 0.25) is 0 Å². The van der Waals surface area contributed by atoms with Crippen LogP contribution in [-0.4, -0.2) is 23.1 Å². The Bertz CT molecular complexity index is 224. The number of benzene rings is 1. The van der Waals surface area contributed by atoms with Crippen molar-refractivity contribution in [1.82, 2.24) is 0 Å².